The lowest BCUT2D eigenvalue weighted by Crippen LogP contribution is -2.35. The molecule has 2 aromatic rings. The maximum Gasteiger partial charge on any atom is 0.264 e. The third kappa shape index (κ3) is 3.54. The molecule has 0 atom stereocenters. The molecule has 132 valence electrons. The van der Waals surface area contributed by atoms with Gasteiger partial charge in [0, 0.05) is 18.2 Å². The van der Waals surface area contributed by atoms with Crippen LogP contribution in [-0.2, 0) is 21.2 Å². The predicted octanol–water partition coefficient (Wildman–Crippen LogP) is 3.42. The topological polar surface area (TPSA) is 66.5 Å². The number of nitrogens with one attached hydrogen (secondary N) is 1. The molecule has 25 heavy (non-hydrogen) atoms. The van der Waals surface area contributed by atoms with Crippen molar-refractivity contribution in [3.05, 3.63) is 54.1 Å². The molecule has 0 aromatic heterocycles. The van der Waals surface area contributed by atoms with Crippen LogP contribution in [0.15, 0.2) is 53.4 Å². The van der Waals surface area contributed by atoms with E-state index in [1.807, 2.05) is 19.9 Å². The highest BCUT2D eigenvalue weighted by Gasteiger charge is 2.29. The Morgan fingerprint density at radius 2 is 1.84 bits per heavy atom. The van der Waals surface area contributed by atoms with Crippen molar-refractivity contribution in [3.8, 4) is 0 Å². The summed E-state index contributed by atoms with van der Waals surface area (Å²) < 4.78 is 27.4. The summed E-state index contributed by atoms with van der Waals surface area (Å²) in [5.41, 5.74) is 2.33. The summed E-state index contributed by atoms with van der Waals surface area (Å²) in [6, 6.07) is 13.9. The molecule has 1 aliphatic heterocycles. The number of amides is 1. The normalized spacial score (nSPS) is 14.3. The van der Waals surface area contributed by atoms with Gasteiger partial charge in [0.25, 0.3) is 10.0 Å². The molecule has 0 aliphatic carbocycles. The maximum absolute atomic E-state index is 13.0. The van der Waals surface area contributed by atoms with Gasteiger partial charge in [-0.05, 0) is 48.7 Å². The van der Waals surface area contributed by atoms with Gasteiger partial charge in [-0.1, -0.05) is 32.0 Å². The summed E-state index contributed by atoms with van der Waals surface area (Å²) in [4.78, 5) is 12.2. The van der Waals surface area contributed by atoms with E-state index in [0.29, 0.717) is 22.8 Å². The van der Waals surface area contributed by atoms with E-state index in [-0.39, 0.29) is 11.8 Å². The molecule has 0 spiro atoms. The first kappa shape index (κ1) is 17.5. The Kier molecular flexibility index (Phi) is 4.81. The standard InChI is InChI=1S/C19H22N2O3S/c1-14(2)19(22)20-16-10-11-18-15(13-16)7-6-12-21(18)25(23,24)17-8-4-3-5-9-17/h3-5,8-11,13-14H,6-7,12H2,1-2H3,(H,20,22). The number of aryl methyl sites for hydroxylation is 1. The van der Waals surface area contributed by atoms with Gasteiger partial charge >= 0.3 is 0 Å². The smallest absolute Gasteiger partial charge is 0.264 e. The van der Waals surface area contributed by atoms with Gasteiger partial charge in [0.1, 0.15) is 0 Å². The van der Waals surface area contributed by atoms with Crippen molar-refractivity contribution in [1.29, 1.82) is 0 Å². The van der Waals surface area contributed by atoms with Crippen molar-refractivity contribution in [2.24, 2.45) is 5.92 Å². The van der Waals surface area contributed by atoms with Gasteiger partial charge in [-0.25, -0.2) is 8.42 Å². The fourth-order valence-corrected chi connectivity index (χ4v) is 4.46. The van der Waals surface area contributed by atoms with E-state index in [1.165, 1.54) is 4.31 Å². The van der Waals surface area contributed by atoms with Crippen molar-refractivity contribution in [2.75, 3.05) is 16.2 Å². The zero-order valence-electron chi connectivity index (χ0n) is 14.4. The summed E-state index contributed by atoms with van der Waals surface area (Å²) in [5, 5.41) is 2.87. The van der Waals surface area contributed by atoms with Gasteiger partial charge in [-0.15, -0.1) is 0 Å². The van der Waals surface area contributed by atoms with Crippen molar-refractivity contribution in [1.82, 2.24) is 0 Å². The van der Waals surface area contributed by atoms with E-state index in [0.717, 1.165) is 18.4 Å². The molecule has 0 radical (unpaired) electrons. The lowest BCUT2D eigenvalue weighted by molar-refractivity contribution is -0.118. The van der Waals surface area contributed by atoms with E-state index in [1.54, 1.807) is 42.5 Å². The first-order valence-corrected chi connectivity index (χ1v) is 9.85. The Labute approximate surface area is 148 Å². The fourth-order valence-electron chi connectivity index (χ4n) is 2.90. The number of benzene rings is 2. The third-order valence-corrected chi connectivity index (χ3v) is 6.11. The van der Waals surface area contributed by atoms with Crippen LogP contribution in [0.5, 0.6) is 0 Å². The number of rotatable bonds is 4. The Morgan fingerprint density at radius 1 is 1.12 bits per heavy atom. The summed E-state index contributed by atoms with van der Waals surface area (Å²) in [6.07, 6.45) is 1.54. The minimum atomic E-state index is -3.58. The van der Waals surface area contributed by atoms with Gasteiger partial charge in [0.15, 0.2) is 0 Å². The minimum Gasteiger partial charge on any atom is -0.326 e. The minimum absolute atomic E-state index is 0.0514. The monoisotopic (exact) mass is 358 g/mol. The van der Waals surface area contributed by atoms with E-state index in [9.17, 15) is 13.2 Å². The van der Waals surface area contributed by atoms with Crippen LogP contribution in [-0.4, -0.2) is 20.9 Å². The predicted molar refractivity (Wildman–Crippen MR) is 99.2 cm³/mol. The molecule has 1 amide bonds. The fraction of sp³-hybridized carbons (Fsp3) is 0.316. The van der Waals surface area contributed by atoms with Crippen LogP contribution in [0.4, 0.5) is 11.4 Å². The highest BCUT2D eigenvalue weighted by Crippen LogP contribution is 2.33. The van der Waals surface area contributed by atoms with E-state index in [2.05, 4.69) is 5.32 Å². The molecule has 0 bridgehead atoms. The van der Waals surface area contributed by atoms with Crippen LogP contribution in [0, 0.1) is 5.92 Å². The van der Waals surface area contributed by atoms with Crippen LogP contribution in [0.25, 0.3) is 0 Å². The largest absolute Gasteiger partial charge is 0.326 e. The third-order valence-electron chi connectivity index (χ3n) is 4.28. The maximum atomic E-state index is 13.0. The quantitative estimate of drug-likeness (QED) is 0.911. The van der Waals surface area contributed by atoms with Crippen LogP contribution in [0.1, 0.15) is 25.8 Å². The van der Waals surface area contributed by atoms with Crippen LogP contribution < -0.4 is 9.62 Å². The number of nitrogens with zero attached hydrogens (tertiary/aromatic N) is 1. The molecule has 5 nitrogen and oxygen atoms in total. The number of fused-ring (bicyclic) bond motifs is 1. The second-order valence-electron chi connectivity index (χ2n) is 6.48. The average molecular weight is 358 g/mol. The highest BCUT2D eigenvalue weighted by molar-refractivity contribution is 7.92. The zero-order valence-corrected chi connectivity index (χ0v) is 15.2. The molecule has 1 heterocycles. The summed E-state index contributed by atoms with van der Waals surface area (Å²) in [6.45, 7) is 4.13. The number of hydrogen-bond acceptors (Lipinski definition) is 3. The average Bonchev–Trinajstić information content (AvgIpc) is 2.61. The molecule has 2 aromatic carbocycles. The molecule has 0 fully saturated rings. The number of anilines is 2. The van der Waals surface area contributed by atoms with Gasteiger partial charge < -0.3 is 5.32 Å². The molecular formula is C19H22N2O3S. The number of carbonyl (C=O) groups is 1. The molecule has 6 heteroatoms. The molecule has 0 unspecified atom stereocenters. The Hall–Kier alpha value is -2.34. The van der Waals surface area contributed by atoms with Crippen LogP contribution in [0.3, 0.4) is 0 Å². The van der Waals surface area contributed by atoms with E-state index < -0.39 is 10.0 Å². The molecule has 3 rings (SSSR count). The number of hydrogen-bond donors (Lipinski definition) is 1. The van der Waals surface area contributed by atoms with Gasteiger partial charge in [-0.3, -0.25) is 9.10 Å². The Morgan fingerprint density at radius 3 is 2.52 bits per heavy atom. The van der Waals surface area contributed by atoms with Gasteiger partial charge in [0.05, 0.1) is 10.6 Å². The van der Waals surface area contributed by atoms with Crippen LogP contribution in [0.2, 0.25) is 0 Å². The van der Waals surface area contributed by atoms with E-state index in [4.69, 9.17) is 0 Å². The lowest BCUT2D eigenvalue weighted by Gasteiger charge is -2.31. The Balaban J connectivity index is 1.94. The number of sulfonamides is 1. The highest BCUT2D eigenvalue weighted by atomic mass is 32.2. The second kappa shape index (κ2) is 6.88. The van der Waals surface area contributed by atoms with Crippen molar-refractivity contribution in [2.45, 2.75) is 31.6 Å². The molecule has 0 saturated carbocycles. The zero-order chi connectivity index (χ0) is 18.0. The van der Waals surface area contributed by atoms with Crippen molar-refractivity contribution in [3.63, 3.8) is 0 Å². The van der Waals surface area contributed by atoms with Gasteiger partial charge in [0.2, 0.25) is 5.91 Å². The second-order valence-corrected chi connectivity index (χ2v) is 8.34. The summed E-state index contributed by atoms with van der Waals surface area (Å²) in [5.74, 6) is -0.157. The lowest BCUT2D eigenvalue weighted by atomic mass is 10.0. The van der Waals surface area contributed by atoms with Crippen LogP contribution >= 0.6 is 0 Å². The first-order valence-electron chi connectivity index (χ1n) is 8.41. The first-order chi connectivity index (χ1) is 11.9. The molecular weight excluding hydrogens is 336 g/mol. The molecule has 1 N–H and O–H groups in total. The van der Waals surface area contributed by atoms with Gasteiger partial charge in [-0.2, -0.15) is 0 Å². The van der Waals surface area contributed by atoms with E-state index >= 15 is 0 Å². The summed E-state index contributed by atoms with van der Waals surface area (Å²) in [7, 11) is -3.58. The molecule has 0 saturated heterocycles. The molecule has 1 aliphatic rings. The van der Waals surface area contributed by atoms with Crippen molar-refractivity contribution < 1.29 is 13.2 Å². The van der Waals surface area contributed by atoms with Crippen molar-refractivity contribution >= 4 is 27.3 Å². The number of carbonyl (C=O) groups excluding carboxylic acids is 1. The SMILES string of the molecule is CC(C)C(=O)Nc1ccc2c(c1)CCCN2S(=O)(=O)c1ccccc1. The summed E-state index contributed by atoms with van der Waals surface area (Å²) >= 11 is 0. The Bertz CT molecular complexity index is 877.